The van der Waals surface area contributed by atoms with E-state index in [1.807, 2.05) is 32.2 Å². The van der Waals surface area contributed by atoms with Crippen molar-refractivity contribution in [2.24, 2.45) is 0 Å². The van der Waals surface area contributed by atoms with Gasteiger partial charge in [-0.1, -0.05) is 41.7 Å². The largest absolute Gasteiger partial charge is 0.363 e. The van der Waals surface area contributed by atoms with Crippen molar-refractivity contribution in [2.75, 3.05) is 12.4 Å². The predicted molar refractivity (Wildman–Crippen MR) is 80.7 cm³/mol. The number of aromatic nitrogens is 3. The number of nitrogens with zero attached hydrogens (tertiary/aromatic N) is 3. The van der Waals surface area contributed by atoms with Crippen LogP contribution >= 0.6 is 22.7 Å². The molecular formula is C13H12N4S2. The van der Waals surface area contributed by atoms with Gasteiger partial charge in [0.25, 0.3) is 0 Å². The lowest BCUT2D eigenvalue weighted by Gasteiger charge is -1.92. The third kappa shape index (κ3) is 2.36. The molecule has 0 atom stereocenters. The van der Waals surface area contributed by atoms with Gasteiger partial charge in [0.1, 0.15) is 5.01 Å². The zero-order chi connectivity index (χ0) is 13.2. The first kappa shape index (κ1) is 12.3. The summed E-state index contributed by atoms with van der Waals surface area (Å²) in [6.45, 7) is 2.01. The van der Waals surface area contributed by atoms with E-state index >= 15 is 0 Å². The lowest BCUT2D eigenvalue weighted by atomic mass is 10.2. The Morgan fingerprint density at radius 3 is 2.47 bits per heavy atom. The minimum Gasteiger partial charge on any atom is -0.363 e. The summed E-state index contributed by atoms with van der Waals surface area (Å²) in [6.07, 6.45) is 0. The highest BCUT2D eigenvalue weighted by molar-refractivity contribution is 7.24. The van der Waals surface area contributed by atoms with Crippen molar-refractivity contribution < 1.29 is 0 Å². The van der Waals surface area contributed by atoms with Crippen molar-refractivity contribution >= 4 is 27.8 Å². The summed E-state index contributed by atoms with van der Waals surface area (Å²) in [4.78, 5) is 5.72. The van der Waals surface area contributed by atoms with Crippen molar-refractivity contribution in [3.05, 3.63) is 36.0 Å². The minimum absolute atomic E-state index is 0.823. The van der Waals surface area contributed by atoms with Crippen LogP contribution in [0, 0.1) is 6.92 Å². The van der Waals surface area contributed by atoms with E-state index in [0.717, 1.165) is 31.3 Å². The van der Waals surface area contributed by atoms with E-state index in [0.29, 0.717) is 0 Å². The van der Waals surface area contributed by atoms with Crippen molar-refractivity contribution in [1.82, 2.24) is 15.2 Å². The van der Waals surface area contributed by atoms with Gasteiger partial charge in [0.2, 0.25) is 5.13 Å². The highest BCUT2D eigenvalue weighted by Crippen LogP contribution is 2.37. The smallest absolute Gasteiger partial charge is 0.205 e. The molecule has 19 heavy (non-hydrogen) atoms. The molecule has 0 fully saturated rings. The van der Waals surface area contributed by atoms with Crippen LogP contribution in [0.5, 0.6) is 0 Å². The predicted octanol–water partition coefficient (Wildman–Crippen LogP) is 3.68. The molecule has 0 radical (unpaired) electrons. The zero-order valence-corrected chi connectivity index (χ0v) is 12.2. The van der Waals surface area contributed by atoms with E-state index in [-0.39, 0.29) is 0 Å². The highest BCUT2D eigenvalue weighted by atomic mass is 32.1. The number of nitrogens with one attached hydrogen (secondary N) is 1. The maximum Gasteiger partial charge on any atom is 0.205 e. The second-order valence-electron chi connectivity index (χ2n) is 3.96. The van der Waals surface area contributed by atoms with Gasteiger partial charge in [-0.2, -0.15) is 0 Å². The molecule has 2 aromatic heterocycles. The molecule has 1 N–H and O–H groups in total. The summed E-state index contributed by atoms with van der Waals surface area (Å²) < 4.78 is 0. The van der Waals surface area contributed by atoms with Crippen LogP contribution < -0.4 is 5.32 Å². The average molecular weight is 288 g/mol. The molecule has 2 heterocycles. The van der Waals surface area contributed by atoms with E-state index in [1.54, 1.807) is 22.7 Å². The average Bonchev–Trinajstić information content (AvgIpc) is 3.06. The Hall–Kier alpha value is -1.79. The first-order valence-electron chi connectivity index (χ1n) is 5.82. The van der Waals surface area contributed by atoms with Gasteiger partial charge >= 0.3 is 0 Å². The first-order valence-corrected chi connectivity index (χ1v) is 7.45. The molecule has 0 aliphatic rings. The normalized spacial score (nSPS) is 10.6. The van der Waals surface area contributed by atoms with Gasteiger partial charge < -0.3 is 5.32 Å². The molecule has 0 saturated carbocycles. The lowest BCUT2D eigenvalue weighted by molar-refractivity contribution is 1.09. The Balaban J connectivity index is 2.02. The first-order chi connectivity index (χ1) is 9.28. The van der Waals surface area contributed by atoms with Crippen LogP contribution in [0.3, 0.4) is 0 Å². The Bertz CT molecular complexity index is 688. The molecule has 3 rings (SSSR count). The maximum atomic E-state index is 4.63. The molecule has 0 aliphatic carbocycles. The van der Waals surface area contributed by atoms with Gasteiger partial charge in [-0.25, -0.2) is 4.98 Å². The second kappa shape index (κ2) is 5.07. The summed E-state index contributed by atoms with van der Waals surface area (Å²) in [5, 5.41) is 14.0. The quantitative estimate of drug-likeness (QED) is 0.798. The van der Waals surface area contributed by atoms with Gasteiger partial charge in [-0.3, -0.25) is 0 Å². The Morgan fingerprint density at radius 1 is 1.00 bits per heavy atom. The van der Waals surface area contributed by atoms with Crippen LogP contribution in [0.25, 0.3) is 20.5 Å². The SMILES string of the molecule is CNc1nnc(-c2sc(-c3ccccc3)nc2C)s1. The summed E-state index contributed by atoms with van der Waals surface area (Å²) in [7, 11) is 1.85. The third-order valence-corrected chi connectivity index (χ3v) is 4.95. The van der Waals surface area contributed by atoms with Crippen LogP contribution in [0.15, 0.2) is 30.3 Å². The molecule has 0 unspecified atom stereocenters. The second-order valence-corrected chi connectivity index (χ2v) is 5.94. The van der Waals surface area contributed by atoms with Crippen LogP contribution in [-0.4, -0.2) is 22.2 Å². The van der Waals surface area contributed by atoms with E-state index in [1.165, 1.54) is 0 Å². The monoisotopic (exact) mass is 288 g/mol. The van der Waals surface area contributed by atoms with Crippen LogP contribution in [0.4, 0.5) is 5.13 Å². The van der Waals surface area contributed by atoms with E-state index in [4.69, 9.17) is 0 Å². The lowest BCUT2D eigenvalue weighted by Crippen LogP contribution is -1.84. The molecule has 0 spiro atoms. The number of rotatable bonds is 3. The van der Waals surface area contributed by atoms with Gasteiger partial charge in [0.15, 0.2) is 5.01 Å². The van der Waals surface area contributed by atoms with E-state index < -0.39 is 0 Å². The highest BCUT2D eigenvalue weighted by Gasteiger charge is 2.14. The summed E-state index contributed by atoms with van der Waals surface area (Å²) in [5.74, 6) is 0. The number of thiazole rings is 1. The van der Waals surface area contributed by atoms with Crippen molar-refractivity contribution in [1.29, 1.82) is 0 Å². The van der Waals surface area contributed by atoms with E-state index in [9.17, 15) is 0 Å². The number of hydrogen-bond donors (Lipinski definition) is 1. The van der Waals surface area contributed by atoms with Crippen LogP contribution in [0.1, 0.15) is 5.69 Å². The molecule has 0 bridgehead atoms. The number of benzene rings is 1. The fourth-order valence-electron chi connectivity index (χ4n) is 1.72. The number of aryl methyl sites for hydroxylation is 1. The zero-order valence-electron chi connectivity index (χ0n) is 10.5. The van der Waals surface area contributed by atoms with Crippen molar-refractivity contribution in [2.45, 2.75) is 6.92 Å². The third-order valence-electron chi connectivity index (χ3n) is 2.65. The summed E-state index contributed by atoms with van der Waals surface area (Å²) >= 11 is 3.20. The summed E-state index contributed by atoms with van der Waals surface area (Å²) in [6, 6.07) is 10.2. The molecule has 3 aromatic rings. The molecule has 0 saturated heterocycles. The molecule has 0 aliphatic heterocycles. The molecule has 96 valence electrons. The van der Waals surface area contributed by atoms with Crippen molar-refractivity contribution in [3.63, 3.8) is 0 Å². The Labute approximate surface area is 119 Å². The molecule has 6 heteroatoms. The Kier molecular flexibility index (Phi) is 3.27. The van der Waals surface area contributed by atoms with Gasteiger partial charge in [0.05, 0.1) is 10.6 Å². The number of anilines is 1. The van der Waals surface area contributed by atoms with Crippen LogP contribution in [-0.2, 0) is 0 Å². The number of hydrogen-bond acceptors (Lipinski definition) is 6. The summed E-state index contributed by atoms with van der Waals surface area (Å²) in [5.41, 5.74) is 2.14. The van der Waals surface area contributed by atoms with Gasteiger partial charge in [-0.15, -0.1) is 21.5 Å². The minimum atomic E-state index is 0.823. The maximum absolute atomic E-state index is 4.63. The van der Waals surface area contributed by atoms with Crippen LogP contribution in [0.2, 0.25) is 0 Å². The molecular weight excluding hydrogens is 276 g/mol. The standard InChI is InChI=1S/C13H12N4S2/c1-8-10(12-16-17-13(14-2)19-12)18-11(15-8)9-6-4-3-5-7-9/h3-7H,1-2H3,(H,14,17). The topological polar surface area (TPSA) is 50.7 Å². The van der Waals surface area contributed by atoms with Crippen molar-refractivity contribution in [3.8, 4) is 20.5 Å². The molecule has 1 aromatic carbocycles. The Morgan fingerprint density at radius 2 is 1.79 bits per heavy atom. The fourth-order valence-corrected chi connectivity index (χ4v) is 3.61. The van der Waals surface area contributed by atoms with Gasteiger partial charge in [-0.05, 0) is 6.92 Å². The molecule has 0 amide bonds. The fraction of sp³-hybridized carbons (Fsp3) is 0.154. The van der Waals surface area contributed by atoms with Gasteiger partial charge in [0, 0.05) is 12.6 Å². The molecule has 4 nitrogen and oxygen atoms in total. The van der Waals surface area contributed by atoms with E-state index in [2.05, 4.69) is 32.6 Å².